The first-order chi connectivity index (χ1) is 11.5. The third-order valence-corrected chi connectivity index (χ3v) is 4.67. The van der Waals surface area contributed by atoms with Crippen molar-refractivity contribution < 1.29 is 9.53 Å². The summed E-state index contributed by atoms with van der Waals surface area (Å²) in [6.45, 7) is 4.46. The molecule has 0 aliphatic carbocycles. The molecule has 0 aliphatic rings. The Morgan fingerprint density at radius 3 is 2.71 bits per heavy atom. The van der Waals surface area contributed by atoms with E-state index in [4.69, 9.17) is 16.3 Å². The van der Waals surface area contributed by atoms with E-state index < -0.39 is 6.10 Å². The lowest BCUT2D eigenvalue weighted by atomic mass is 10.2. The van der Waals surface area contributed by atoms with E-state index in [0.29, 0.717) is 17.3 Å². The maximum atomic E-state index is 12.0. The molecule has 1 atom stereocenters. The van der Waals surface area contributed by atoms with Crippen molar-refractivity contribution in [3.05, 3.63) is 64.7 Å². The number of carbonyl (C=O) groups excluding carboxylic acids is 1. The number of nitrogens with one attached hydrogen (secondary N) is 1. The van der Waals surface area contributed by atoms with E-state index in [1.165, 1.54) is 11.1 Å². The fourth-order valence-electron chi connectivity index (χ4n) is 2.15. The van der Waals surface area contributed by atoms with Gasteiger partial charge in [-0.15, -0.1) is 0 Å². The van der Waals surface area contributed by atoms with E-state index in [9.17, 15) is 4.79 Å². The molecule has 0 bridgehead atoms. The number of hydrogen-bond donors (Lipinski definition) is 1. The number of rotatable bonds is 8. The number of benzene rings is 2. The van der Waals surface area contributed by atoms with Crippen LogP contribution in [0.3, 0.4) is 0 Å². The van der Waals surface area contributed by atoms with Gasteiger partial charge in [-0.1, -0.05) is 41.4 Å². The van der Waals surface area contributed by atoms with E-state index >= 15 is 0 Å². The normalized spacial score (nSPS) is 11.8. The third kappa shape index (κ3) is 6.46. The number of ether oxygens (including phenoxy) is 1. The molecule has 1 N–H and O–H groups in total. The van der Waals surface area contributed by atoms with Crippen molar-refractivity contribution in [2.24, 2.45) is 0 Å². The molecule has 2 aromatic carbocycles. The molecule has 0 saturated carbocycles. The Morgan fingerprint density at radius 2 is 2.00 bits per heavy atom. The second-order valence-corrected chi connectivity index (χ2v) is 7.09. The molecule has 5 heteroatoms. The minimum absolute atomic E-state index is 0.110. The van der Waals surface area contributed by atoms with Gasteiger partial charge in [-0.2, -0.15) is 11.8 Å². The number of carbonyl (C=O) groups is 1. The van der Waals surface area contributed by atoms with E-state index in [-0.39, 0.29) is 5.91 Å². The Morgan fingerprint density at radius 1 is 1.25 bits per heavy atom. The fraction of sp³-hybridized carbons (Fsp3) is 0.316. The molecule has 0 saturated heterocycles. The van der Waals surface area contributed by atoms with Crippen LogP contribution in [0.4, 0.5) is 0 Å². The van der Waals surface area contributed by atoms with Gasteiger partial charge in [0.25, 0.3) is 5.91 Å². The molecule has 0 radical (unpaired) electrons. The van der Waals surface area contributed by atoms with Gasteiger partial charge in [-0.25, -0.2) is 0 Å². The number of aryl methyl sites for hydroxylation is 1. The fourth-order valence-corrected chi connectivity index (χ4v) is 3.08. The van der Waals surface area contributed by atoms with Crippen LogP contribution in [0.2, 0.25) is 5.02 Å². The summed E-state index contributed by atoms with van der Waals surface area (Å²) >= 11 is 7.63. The zero-order valence-corrected chi connectivity index (χ0v) is 15.5. The van der Waals surface area contributed by atoms with Crippen molar-refractivity contribution in [3.63, 3.8) is 0 Å². The summed E-state index contributed by atoms with van der Waals surface area (Å²) in [6, 6.07) is 15.5. The Labute approximate surface area is 152 Å². The Kier molecular flexibility index (Phi) is 7.47. The van der Waals surface area contributed by atoms with E-state index in [1.54, 1.807) is 43.0 Å². The largest absolute Gasteiger partial charge is 0.481 e. The van der Waals surface area contributed by atoms with Crippen molar-refractivity contribution in [2.45, 2.75) is 25.7 Å². The number of amides is 1. The van der Waals surface area contributed by atoms with Crippen LogP contribution >= 0.6 is 23.4 Å². The van der Waals surface area contributed by atoms with Gasteiger partial charge in [-0.05, 0) is 43.7 Å². The molecule has 2 rings (SSSR count). The molecular formula is C19H22ClNO2S. The van der Waals surface area contributed by atoms with Crippen molar-refractivity contribution >= 4 is 29.3 Å². The highest BCUT2D eigenvalue weighted by Gasteiger charge is 2.13. The van der Waals surface area contributed by atoms with Crippen LogP contribution in [0.15, 0.2) is 48.5 Å². The lowest BCUT2D eigenvalue weighted by Gasteiger charge is -2.14. The van der Waals surface area contributed by atoms with Crippen LogP contribution in [0.5, 0.6) is 5.75 Å². The lowest BCUT2D eigenvalue weighted by Crippen LogP contribution is -2.37. The van der Waals surface area contributed by atoms with Gasteiger partial charge in [0, 0.05) is 23.1 Å². The average molecular weight is 364 g/mol. The van der Waals surface area contributed by atoms with Crippen LogP contribution in [-0.2, 0) is 10.5 Å². The van der Waals surface area contributed by atoms with Crippen LogP contribution in [0.25, 0.3) is 0 Å². The molecular weight excluding hydrogens is 342 g/mol. The zero-order valence-electron chi connectivity index (χ0n) is 13.9. The average Bonchev–Trinajstić information content (AvgIpc) is 2.56. The summed E-state index contributed by atoms with van der Waals surface area (Å²) in [5, 5.41) is 3.54. The van der Waals surface area contributed by atoms with Crippen LogP contribution in [0.1, 0.15) is 18.1 Å². The molecule has 2 aromatic rings. The van der Waals surface area contributed by atoms with Gasteiger partial charge < -0.3 is 10.1 Å². The highest BCUT2D eigenvalue weighted by molar-refractivity contribution is 7.98. The second kappa shape index (κ2) is 9.60. The second-order valence-electron chi connectivity index (χ2n) is 5.55. The molecule has 0 aromatic heterocycles. The molecule has 0 unspecified atom stereocenters. The molecule has 1 amide bonds. The van der Waals surface area contributed by atoms with Crippen LogP contribution < -0.4 is 10.1 Å². The molecule has 24 heavy (non-hydrogen) atoms. The maximum Gasteiger partial charge on any atom is 0.260 e. The van der Waals surface area contributed by atoms with E-state index in [1.807, 2.05) is 0 Å². The van der Waals surface area contributed by atoms with Gasteiger partial charge in [0.15, 0.2) is 6.10 Å². The Bertz CT molecular complexity index is 661. The summed E-state index contributed by atoms with van der Waals surface area (Å²) in [5.74, 6) is 2.35. The van der Waals surface area contributed by atoms with E-state index in [2.05, 4.69) is 36.5 Å². The molecule has 0 heterocycles. The summed E-state index contributed by atoms with van der Waals surface area (Å²) in [7, 11) is 0. The maximum absolute atomic E-state index is 12.0. The van der Waals surface area contributed by atoms with Gasteiger partial charge in [-0.3, -0.25) is 4.79 Å². The van der Waals surface area contributed by atoms with Crippen molar-refractivity contribution in [1.29, 1.82) is 0 Å². The third-order valence-electron chi connectivity index (χ3n) is 3.39. The molecule has 0 spiro atoms. The number of halogens is 1. The minimum atomic E-state index is -0.534. The van der Waals surface area contributed by atoms with Crippen molar-refractivity contribution in [3.8, 4) is 5.75 Å². The van der Waals surface area contributed by atoms with Crippen LogP contribution in [-0.4, -0.2) is 24.3 Å². The van der Waals surface area contributed by atoms with E-state index in [0.717, 1.165) is 11.5 Å². The number of hydrogen-bond acceptors (Lipinski definition) is 3. The lowest BCUT2D eigenvalue weighted by molar-refractivity contribution is -0.127. The monoisotopic (exact) mass is 363 g/mol. The van der Waals surface area contributed by atoms with Gasteiger partial charge in [0.1, 0.15) is 5.75 Å². The quantitative estimate of drug-likeness (QED) is 0.703. The topological polar surface area (TPSA) is 38.3 Å². The van der Waals surface area contributed by atoms with Gasteiger partial charge >= 0.3 is 0 Å². The Balaban J connectivity index is 1.64. The predicted molar refractivity (Wildman–Crippen MR) is 102 cm³/mol. The SMILES string of the molecule is Cc1cccc(CSCCNC(=O)[C@@H](C)Oc2ccc(Cl)cc2)c1. The molecule has 128 valence electrons. The smallest absolute Gasteiger partial charge is 0.260 e. The summed E-state index contributed by atoms with van der Waals surface area (Å²) in [4.78, 5) is 12.0. The highest BCUT2D eigenvalue weighted by Crippen LogP contribution is 2.17. The van der Waals surface area contributed by atoms with Crippen molar-refractivity contribution in [1.82, 2.24) is 5.32 Å². The summed E-state index contributed by atoms with van der Waals surface area (Å²) < 4.78 is 5.59. The molecule has 3 nitrogen and oxygen atoms in total. The highest BCUT2D eigenvalue weighted by atomic mass is 35.5. The first-order valence-corrected chi connectivity index (χ1v) is 9.41. The van der Waals surface area contributed by atoms with Crippen molar-refractivity contribution in [2.75, 3.05) is 12.3 Å². The van der Waals surface area contributed by atoms with Gasteiger partial charge in [0.2, 0.25) is 0 Å². The zero-order chi connectivity index (χ0) is 17.4. The van der Waals surface area contributed by atoms with Gasteiger partial charge in [0.05, 0.1) is 0 Å². The first-order valence-electron chi connectivity index (χ1n) is 7.88. The summed E-state index contributed by atoms with van der Waals surface area (Å²) in [5.41, 5.74) is 2.58. The number of thioether (sulfide) groups is 1. The predicted octanol–water partition coefficient (Wildman–Crippen LogP) is 4.47. The molecule has 0 aliphatic heterocycles. The molecule has 0 fully saturated rings. The summed E-state index contributed by atoms with van der Waals surface area (Å²) in [6.07, 6.45) is -0.534. The first kappa shape index (κ1) is 18.7. The Hall–Kier alpha value is -1.65. The minimum Gasteiger partial charge on any atom is -0.481 e. The standard InChI is InChI=1S/C19H22ClNO2S/c1-14-4-3-5-16(12-14)13-24-11-10-21-19(22)15(2)23-18-8-6-17(20)7-9-18/h3-9,12,15H,10-11,13H2,1-2H3,(H,21,22)/t15-/m1/s1. The van der Waals surface area contributed by atoms with Crippen LogP contribution in [0, 0.1) is 6.92 Å².